The van der Waals surface area contributed by atoms with Gasteiger partial charge in [-0.1, -0.05) is 0 Å². The molecule has 10 heteroatoms. The van der Waals surface area contributed by atoms with Crippen LogP contribution in [0.2, 0.25) is 0 Å². The lowest BCUT2D eigenvalue weighted by Gasteiger charge is -2.17. The Hall–Kier alpha value is -0.700. The van der Waals surface area contributed by atoms with Gasteiger partial charge in [0.1, 0.15) is 4.60 Å². The summed E-state index contributed by atoms with van der Waals surface area (Å²) in [5.74, 6) is -1.88. The van der Waals surface area contributed by atoms with Crippen LogP contribution in [0.4, 0.5) is 26.3 Å². The van der Waals surface area contributed by atoms with Crippen LogP contribution in [-0.2, 0) is 12.1 Å². The molecule has 1 aromatic heterocycles. The highest BCUT2D eigenvalue weighted by atomic mass is 79.9. The fraction of sp³-hybridized carbons (Fsp3) is 0.375. The Bertz CT molecular complexity index is 446. The average Bonchev–Trinajstić information content (AvgIpc) is 2.16. The zero-order valence-electron chi connectivity index (χ0n) is 8.16. The van der Waals surface area contributed by atoms with Crippen molar-refractivity contribution < 1.29 is 31.1 Å². The summed E-state index contributed by atoms with van der Waals surface area (Å²) < 4.78 is 76.7. The molecule has 0 aliphatic heterocycles. The first-order chi connectivity index (χ1) is 8.06. The van der Waals surface area contributed by atoms with E-state index in [0.717, 1.165) is 0 Å². The molecule has 0 aliphatic carbocycles. The van der Waals surface area contributed by atoms with Gasteiger partial charge in [-0.25, -0.2) is 4.98 Å². The molecule has 0 aromatic carbocycles. The number of ether oxygens (including phenoxy) is 1. The van der Waals surface area contributed by atoms with Gasteiger partial charge < -0.3 is 4.74 Å². The smallest absolute Gasteiger partial charge is 0.404 e. The van der Waals surface area contributed by atoms with Gasteiger partial charge >= 0.3 is 12.5 Å². The van der Waals surface area contributed by atoms with Crippen molar-refractivity contribution in [2.45, 2.75) is 18.4 Å². The first kappa shape index (κ1) is 15.4. The van der Waals surface area contributed by atoms with Crippen LogP contribution < -0.4 is 4.74 Å². The Morgan fingerprint density at radius 2 is 1.78 bits per heavy atom. The van der Waals surface area contributed by atoms with Gasteiger partial charge in [0, 0.05) is 5.56 Å². The maximum Gasteiger partial charge on any atom is 0.573 e. The van der Waals surface area contributed by atoms with E-state index in [0.29, 0.717) is 6.20 Å². The lowest BCUT2D eigenvalue weighted by molar-refractivity contribution is -0.275. The van der Waals surface area contributed by atoms with E-state index in [2.05, 4.69) is 25.7 Å². The molecule has 1 aromatic rings. The van der Waals surface area contributed by atoms with E-state index in [4.69, 9.17) is 11.6 Å². The van der Waals surface area contributed by atoms with Crippen molar-refractivity contribution in [2.24, 2.45) is 0 Å². The van der Waals surface area contributed by atoms with Crippen LogP contribution in [0.1, 0.15) is 11.1 Å². The molecule has 18 heavy (non-hydrogen) atoms. The molecule has 0 bridgehead atoms. The molecular weight excluding hydrogens is 355 g/mol. The van der Waals surface area contributed by atoms with Crippen LogP contribution in [0.25, 0.3) is 0 Å². The number of hydrogen-bond acceptors (Lipinski definition) is 2. The zero-order valence-corrected chi connectivity index (χ0v) is 10.5. The minimum atomic E-state index is -5.13. The van der Waals surface area contributed by atoms with E-state index >= 15 is 0 Å². The fourth-order valence-electron chi connectivity index (χ4n) is 1.14. The van der Waals surface area contributed by atoms with Gasteiger partial charge in [0.25, 0.3) is 0 Å². The number of nitrogens with zero attached hydrogens (tertiary/aromatic N) is 1. The Balaban J connectivity index is 3.39. The van der Waals surface area contributed by atoms with Gasteiger partial charge in [0.15, 0.2) is 5.75 Å². The Kier molecular flexibility index (Phi) is 4.37. The average molecular weight is 358 g/mol. The fourth-order valence-corrected chi connectivity index (χ4v) is 1.97. The number of aromatic nitrogens is 1. The third-order valence-electron chi connectivity index (χ3n) is 1.74. The molecule has 0 fully saturated rings. The largest absolute Gasteiger partial charge is 0.573 e. The van der Waals surface area contributed by atoms with Gasteiger partial charge in [-0.05, 0) is 15.9 Å². The van der Waals surface area contributed by atoms with Gasteiger partial charge in [0.05, 0.1) is 17.6 Å². The minimum Gasteiger partial charge on any atom is -0.404 e. The van der Waals surface area contributed by atoms with E-state index in [-0.39, 0.29) is 0 Å². The maximum atomic E-state index is 12.6. The molecule has 0 amide bonds. The number of hydrogen-bond donors (Lipinski definition) is 0. The van der Waals surface area contributed by atoms with Gasteiger partial charge in [-0.3, -0.25) is 0 Å². The Morgan fingerprint density at radius 3 is 2.17 bits per heavy atom. The van der Waals surface area contributed by atoms with Crippen LogP contribution in [-0.4, -0.2) is 11.3 Å². The first-order valence-electron chi connectivity index (χ1n) is 4.12. The first-order valence-corrected chi connectivity index (χ1v) is 5.45. The molecule has 0 atom stereocenters. The Morgan fingerprint density at radius 1 is 1.22 bits per heavy atom. The van der Waals surface area contributed by atoms with Crippen LogP contribution in [0.3, 0.4) is 0 Å². The number of halogens is 8. The number of alkyl halides is 7. The minimum absolute atomic E-state index is 0.518. The monoisotopic (exact) mass is 357 g/mol. The predicted molar refractivity (Wildman–Crippen MR) is 53.2 cm³/mol. The summed E-state index contributed by atoms with van der Waals surface area (Å²) >= 11 is 7.76. The van der Waals surface area contributed by atoms with Crippen molar-refractivity contribution >= 4 is 27.5 Å². The van der Waals surface area contributed by atoms with E-state index in [1.165, 1.54) is 0 Å². The summed E-state index contributed by atoms with van der Waals surface area (Å²) in [6.45, 7) is 0. The van der Waals surface area contributed by atoms with Crippen molar-refractivity contribution in [3.05, 3.63) is 21.9 Å². The second-order valence-corrected chi connectivity index (χ2v) is 3.96. The van der Waals surface area contributed by atoms with Crippen molar-refractivity contribution in [3.63, 3.8) is 0 Å². The summed E-state index contributed by atoms with van der Waals surface area (Å²) in [6, 6.07) is 0. The molecule has 0 N–H and O–H groups in total. The summed E-state index contributed by atoms with van der Waals surface area (Å²) in [7, 11) is 0. The molecule has 0 saturated carbocycles. The number of rotatable bonds is 2. The van der Waals surface area contributed by atoms with Crippen molar-refractivity contribution in [3.8, 4) is 5.75 Å². The van der Waals surface area contributed by atoms with E-state index < -0.39 is 39.9 Å². The highest BCUT2D eigenvalue weighted by Crippen LogP contribution is 2.41. The molecule has 0 saturated heterocycles. The van der Waals surface area contributed by atoms with Crippen LogP contribution in [0, 0.1) is 0 Å². The molecule has 2 nitrogen and oxygen atoms in total. The van der Waals surface area contributed by atoms with Crippen molar-refractivity contribution in [1.29, 1.82) is 0 Å². The van der Waals surface area contributed by atoms with Crippen molar-refractivity contribution in [1.82, 2.24) is 4.98 Å². The lowest BCUT2D eigenvalue weighted by atomic mass is 10.1. The van der Waals surface area contributed by atoms with Gasteiger partial charge in [0.2, 0.25) is 0 Å². The van der Waals surface area contributed by atoms with E-state index in [1.807, 2.05) is 0 Å². The molecule has 0 unspecified atom stereocenters. The highest BCUT2D eigenvalue weighted by Gasteiger charge is 2.40. The van der Waals surface area contributed by atoms with Crippen molar-refractivity contribution in [2.75, 3.05) is 0 Å². The molecule has 0 spiro atoms. The van der Waals surface area contributed by atoms with Crippen LogP contribution in [0.5, 0.6) is 5.75 Å². The third kappa shape index (κ3) is 3.64. The molecule has 1 rings (SSSR count). The SMILES string of the molecule is FC(F)(F)Oc1cnc(Br)c(C(F)(F)F)c1CCl. The molecule has 0 radical (unpaired) electrons. The highest BCUT2D eigenvalue weighted by molar-refractivity contribution is 9.10. The lowest BCUT2D eigenvalue weighted by Crippen LogP contribution is -2.20. The zero-order chi connectivity index (χ0) is 14.1. The van der Waals surface area contributed by atoms with Crippen LogP contribution >= 0.6 is 27.5 Å². The second-order valence-electron chi connectivity index (χ2n) is 2.95. The molecule has 0 aliphatic rings. The Labute approximate surface area is 110 Å². The molecular formula is C8H3BrClF6NO. The standard InChI is InChI=1S/C8H3BrClF6NO/c9-6-5(7(11,12)13)3(1-10)4(2-17-6)18-8(14,15)16/h2H,1H2. The van der Waals surface area contributed by atoms with Crippen LogP contribution in [0.15, 0.2) is 10.8 Å². The summed E-state index contributed by atoms with van der Waals surface area (Å²) in [4.78, 5) is 3.15. The summed E-state index contributed by atoms with van der Waals surface area (Å²) in [6.07, 6.45) is -9.51. The predicted octanol–water partition coefficient (Wildman–Crippen LogP) is 4.50. The maximum absolute atomic E-state index is 12.6. The molecule has 102 valence electrons. The normalized spacial score (nSPS) is 12.7. The van der Waals surface area contributed by atoms with Gasteiger partial charge in [-0.2, -0.15) is 13.2 Å². The topological polar surface area (TPSA) is 22.1 Å². The summed E-state index contributed by atoms with van der Waals surface area (Å²) in [5.41, 5.74) is -2.22. The number of pyridine rings is 1. The summed E-state index contributed by atoms with van der Waals surface area (Å²) in [5, 5.41) is 0. The van der Waals surface area contributed by atoms with E-state index in [1.54, 1.807) is 0 Å². The quantitative estimate of drug-likeness (QED) is 0.441. The second kappa shape index (κ2) is 5.12. The third-order valence-corrected chi connectivity index (χ3v) is 2.61. The van der Waals surface area contributed by atoms with Gasteiger partial charge in [-0.15, -0.1) is 24.8 Å². The molecule has 1 heterocycles. The van der Waals surface area contributed by atoms with E-state index in [9.17, 15) is 26.3 Å².